The number of hydrogen-bond donors (Lipinski definition) is 3. The van der Waals surface area contributed by atoms with Crippen LogP contribution in [0.1, 0.15) is 24.2 Å². The van der Waals surface area contributed by atoms with Gasteiger partial charge in [0.15, 0.2) is 6.10 Å². The number of anilines is 1. The van der Waals surface area contributed by atoms with Crippen LogP contribution in [0.5, 0.6) is 5.75 Å². The molecule has 10 heteroatoms. The first-order valence-electron chi connectivity index (χ1n) is 9.79. The van der Waals surface area contributed by atoms with E-state index >= 15 is 0 Å². The van der Waals surface area contributed by atoms with Crippen molar-refractivity contribution >= 4 is 41.3 Å². The molecule has 0 saturated carbocycles. The fourth-order valence-corrected chi connectivity index (χ4v) is 3.34. The smallest absolute Gasteiger partial charge is 0.340 e. The molecule has 0 aliphatic carbocycles. The van der Waals surface area contributed by atoms with Crippen molar-refractivity contribution in [3.8, 4) is 5.75 Å². The summed E-state index contributed by atoms with van der Waals surface area (Å²) < 4.78 is 10.3. The number of carbonyl (C=O) groups excluding carboxylic acids is 4. The van der Waals surface area contributed by atoms with Crippen molar-refractivity contribution in [3.63, 3.8) is 0 Å². The Bertz CT molecular complexity index is 982. The Morgan fingerprint density at radius 1 is 1.06 bits per heavy atom. The van der Waals surface area contributed by atoms with Crippen molar-refractivity contribution < 1.29 is 28.7 Å². The molecule has 9 nitrogen and oxygen atoms in total. The van der Waals surface area contributed by atoms with Crippen LogP contribution in [-0.2, 0) is 14.3 Å². The van der Waals surface area contributed by atoms with Crippen LogP contribution >= 0.6 is 11.8 Å². The SMILES string of the molecule is CCNC(=O)NC(=O)C(C)OC(=O)c1ccccc1SCC(=O)Nc1cccc(OC)c1. The molecule has 0 aliphatic rings. The maximum Gasteiger partial charge on any atom is 0.340 e. The monoisotopic (exact) mass is 459 g/mol. The maximum atomic E-state index is 12.6. The Morgan fingerprint density at radius 2 is 1.81 bits per heavy atom. The Balaban J connectivity index is 1.96. The van der Waals surface area contributed by atoms with Crippen molar-refractivity contribution in [1.82, 2.24) is 10.6 Å². The van der Waals surface area contributed by atoms with Crippen LogP contribution < -0.4 is 20.7 Å². The predicted octanol–water partition coefficient (Wildman–Crippen LogP) is 2.82. The fraction of sp³-hybridized carbons (Fsp3) is 0.273. The topological polar surface area (TPSA) is 123 Å². The predicted molar refractivity (Wildman–Crippen MR) is 121 cm³/mol. The summed E-state index contributed by atoms with van der Waals surface area (Å²) in [6.07, 6.45) is -1.18. The molecule has 4 amide bonds. The number of rotatable bonds is 9. The van der Waals surface area contributed by atoms with Crippen LogP contribution in [0.25, 0.3) is 0 Å². The number of methoxy groups -OCH3 is 1. The highest BCUT2D eigenvalue weighted by Gasteiger charge is 2.22. The third-order valence-electron chi connectivity index (χ3n) is 4.05. The summed E-state index contributed by atoms with van der Waals surface area (Å²) in [5.74, 6) is -1.07. The number of ether oxygens (including phenoxy) is 2. The largest absolute Gasteiger partial charge is 0.497 e. The molecule has 2 rings (SSSR count). The van der Waals surface area contributed by atoms with Gasteiger partial charge in [0.2, 0.25) is 5.91 Å². The lowest BCUT2D eigenvalue weighted by Gasteiger charge is -2.14. The molecular weight excluding hydrogens is 434 g/mol. The molecule has 1 atom stereocenters. The van der Waals surface area contributed by atoms with Crippen molar-refractivity contribution in [2.75, 3.05) is 24.7 Å². The molecule has 170 valence electrons. The number of amides is 4. The van der Waals surface area contributed by atoms with E-state index in [1.165, 1.54) is 14.0 Å². The summed E-state index contributed by atoms with van der Waals surface area (Å²) in [5, 5.41) is 7.27. The number of nitrogens with one attached hydrogen (secondary N) is 3. The average molecular weight is 460 g/mol. The average Bonchev–Trinajstić information content (AvgIpc) is 2.78. The zero-order chi connectivity index (χ0) is 23.5. The lowest BCUT2D eigenvalue weighted by Crippen LogP contribution is -2.44. The molecule has 32 heavy (non-hydrogen) atoms. The summed E-state index contributed by atoms with van der Waals surface area (Å²) in [4.78, 5) is 48.9. The van der Waals surface area contributed by atoms with Crippen molar-refractivity contribution in [1.29, 1.82) is 0 Å². The molecule has 0 aliphatic heterocycles. The quantitative estimate of drug-likeness (QED) is 0.389. The Morgan fingerprint density at radius 3 is 2.53 bits per heavy atom. The fourth-order valence-electron chi connectivity index (χ4n) is 2.50. The molecule has 0 radical (unpaired) electrons. The van der Waals surface area contributed by atoms with Gasteiger partial charge in [0.25, 0.3) is 5.91 Å². The van der Waals surface area contributed by atoms with E-state index in [-0.39, 0.29) is 17.2 Å². The molecule has 2 aromatic carbocycles. The third kappa shape index (κ3) is 7.62. The van der Waals surface area contributed by atoms with Crippen LogP contribution in [-0.4, -0.2) is 49.3 Å². The molecular formula is C22H25N3O6S. The second-order valence-corrected chi connectivity index (χ2v) is 7.48. The van der Waals surface area contributed by atoms with Crippen LogP contribution in [0, 0.1) is 0 Å². The first-order valence-corrected chi connectivity index (χ1v) is 10.8. The van der Waals surface area contributed by atoms with Gasteiger partial charge in [-0.15, -0.1) is 11.8 Å². The highest BCUT2D eigenvalue weighted by molar-refractivity contribution is 8.00. The first-order chi connectivity index (χ1) is 15.3. The van der Waals surface area contributed by atoms with E-state index in [2.05, 4.69) is 16.0 Å². The molecule has 0 fully saturated rings. The van der Waals surface area contributed by atoms with E-state index in [9.17, 15) is 19.2 Å². The summed E-state index contributed by atoms with van der Waals surface area (Å²) in [5.41, 5.74) is 0.805. The van der Waals surface area contributed by atoms with Gasteiger partial charge in [-0.2, -0.15) is 0 Å². The van der Waals surface area contributed by atoms with Gasteiger partial charge >= 0.3 is 12.0 Å². The van der Waals surface area contributed by atoms with Crippen LogP contribution in [0.4, 0.5) is 10.5 Å². The second kappa shape index (κ2) is 12.4. The molecule has 3 N–H and O–H groups in total. The zero-order valence-corrected chi connectivity index (χ0v) is 18.8. The van der Waals surface area contributed by atoms with Crippen LogP contribution in [0.2, 0.25) is 0 Å². The van der Waals surface area contributed by atoms with Crippen LogP contribution in [0.3, 0.4) is 0 Å². The molecule has 0 spiro atoms. The molecule has 2 aromatic rings. The molecule has 0 heterocycles. The van der Waals surface area contributed by atoms with Gasteiger partial charge in [0.1, 0.15) is 5.75 Å². The summed E-state index contributed by atoms with van der Waals surface area (Å²) >= 11 is 1.16. The van der Waals surface area contributed by atoms with Gasteiger partial charge in [-0.3, -0.25) is 14.9 Å². The molecule has 0 saturated heterocycles. The Hall–Kier alpha value is -3.53. The lowest BCUT2D eigenvalue weighted by atomic mass is 10.2. The van der Waals surface area contributed by atoms with Crippen molar-refractivity contribution in [2.45, 2.75) is 24.8 Å². The first kappa shape index (κ1) is 24.7. The van der Waals surface area contributed by atoms with Crippen molar-refractivity contribution in [3.05, 3.63) is 54.1 Å². The third-order valence-corrected chi connectivity index (χ3v) is 5.12. The van der Waals surface area contributed by atoms with E-state index in [0.29, 0.717) is 22.9 Å². The summed E-state index contributed by atoms with van der Waals surface area (Å²) in [6, 6.07) is 12.9. The second-order valence-electron chi connectivity index (χ2n) is 6.46. The zero-order valence-electron chi connectivity index (χ0n) is 18.0. The van der Waals surface area contributed by atoms with Gasteiger partial charge < -0.3 is 20.1 Å². The molecule has 1 unspecified atom stereocenters. The van der Waals surface area contributed by atoms with E-state index in [4.69, 9.17) is 9.47 Å². The standard InChI is InChI=1S/C22H25N3O6S/c1-4-23-22(29)25-20(27)14(2)31-21(28)17-10-5-6-11-18(17)32-13-19(26)24-15-8-7-9-16(12-15)30-3/h5-12,14H,4,13H2,1-3H3,(H,24,26)(H2,23,25,27,29). The van der Waals surface area contributed by atoms with Gasteiger partial charge in [0.05, 0.1) is 18.4 Å². The highest BCUT2D eigenvalue weighted by atomic mass is 32.2. The minimum atomic E-state index is -1.18. The Kier molecular flexibility index (Phi) is 9.55. The number of urea groups is 1. The van der Waals surface area contributed by atoms with E-state index in [0.717, 1.165) is 11.8 Å². The number of imide groups is 1. The molecule has 0 bridgehead atoms. The number of benzene rings is 2. The van der Waals surface area contributed by atoms with E-state index in [1.807, 2.05) is 0 Å². The maximum absolute atomic E-state index is 12.6. The highest BCUT2D eigenvalue weighted by Crippen LogP contribution is 2.24. The summed E-state index contributed by atoms with van der Waals surface area (Å²) in [7, 11) is 1.54. The minimum absolute atomic E-state index is 0.0503. The number of thioether (sulfide) groups is 1. The number of hydrogen-bond acceptors (Lipinski definition) is 7. The minimum Gasteiger partial charge on any atom is -0.497 e. The van der Waals surface area contributed by atoms with E-state index in [1.54, 1.807) is 55.5 Å². The lowest BCUT2D eigenvalue weighted by molar-refractivity contribution is -0.127. The number of carbonyl (C=O) groups is 4. The normalized spacial score (nSPS) is 11.1. The van der Waals surface area contributed by atoms with Crippen LogP contribution in [0.15, 0.2) is 53.4 Å². The van der Waals surface area contributed by atoms with E-state index < -0.39 is 24.0 Å². The van der Waals surface area contributed by atoms with Gasteiger partial charge in [-0.1, -0.05) is 18.2 Å². The van der Waals surface area contributed by atoms with Gasteiger partial charge in [-0.25, -0.2) is 9.59 Å². The molecule has 0 aromatic heterocycles. The van der Waals surface area contributed by atoms with Gasteiger partial charge in [-0.05, 0) is 38.1 Å². The Labute approximate surface area is 190 Å². The number of esters is 1. The van der Waals surface area contributed by atoms with Crippen molar-refractivity contribution in [2.24, 2.45) is 0 Å². The van der Waals surface area contributed by atoms with Gasteiger partial charge in [0, 0.05) is 23.2 Å². The summed E-state index contributed by atoms with van der Waals surface area (Å²) in [6.45, 7) is 3.42.